The van der Waals surface area contributed by atoms with Crippen LogP contribution in [0.4, 0.5) is 5.69 Å². The molecule has 136 valence electrons. The lowest BCUT2D eigenvalue weighted by atomic mass is 10.1. The first-order chi connectivity index (χ1) is 12.4. The van der Waals surface area contributed by atoms with Gasteiger partial charge in [0.15, 0.2) is 0 Å². The number of rotatable bonds is 5. The van der Waals surface area contributed by atoms with Gasteiger partial charge in [-0.2, -0.15) is 8.42 Å². The third-order valence-electron chi connectivity index (χ3n) is 4.06. The summed E-state index contributed by atoms with van der Waals surface area (Å²) < 4.78 is 28.7. The van der Waals surface area contributed by atoms with E-state index in [-0.39, 0.29) is 16.4 Å². The number of pyridine rings is 1. The van der Waals surface area contributed by atoms with Gasteiger partial charge in [-0.25, -0.2) is 0 Å². The molecule has 7 nitrogen and oxygen atoms in total. The monoisotopic (exact) mass is 372 g/mol. The highest BCUT2D eigenvalue weighted by atomic mass is 32.2. The van der Waals surface area contributed by atoms with Crippen molar-refractivity contribution in [3.05, 3.63) is 53.9 Å². The Bertz CT molecular complexity index is 956. The molecule has 1 aliphatic heterocycles. The van der Waals surface area contributed by atoms with E-state index in [0.717, 1.165) is 12.0 Å². The summed E-state index contributed by atoms with van der Waals surface area (Å²) in [4.78, 5) is 18.3. The predicted molar refractivity (Wildman–Crippen MR) is 99.8 cm³/mol. The second-order valence-electron chi connectivity index (χ2n) is 5.99. The molecule has 0 fully saturated rings. The van der Waals surface area contributed by atoms with E-state index in [1.165, 1.54) is 6.07 Å². The molecule has 0 atom stereocenters. The van der Waals surface area contributed by atoms with Crippen LogP contribution in [0.1, 0.15) is 36.2 Å². The molecule has 2 heterocycles. The maximum atomic E-state index is 12.4. The van der Waals surface area contributed by atoms with Crippen LogP contribution in [-0.4, -0.2) is 31.7 Å². The van der Waals surface area contributed by atoms with Crippen LogP contribution in [-0.2, 0) is 16.6 Å². The lowest BCUT2D eigenvalue weighted by Gasteiger charge is -2.29. The topological polar surface area (TPSA) is 91.7 Å². The Morgan fingerprint density at radius 2 is 2.08 bits per heavy atom. The predicted octanol–water partition coefficient (Wildman–Crippen LogP) is 2.35. The fourth-order valence-electron chi connectivity index (χ4n) is 2.82. The minimum atomic E-state index is -3.81. The highest BCUT2D eigenvalue weighted by molar-refractivity contribution is 7.90. The molecule has 0 saturated heterocycles. The number of carbonyl (C=O) groups excluding carboxylic acids is 1. The van der Waals surface area contributed by atoms with Gasteiger partial charge in [0.25, 0.3) is 15.9 Å². The zero-order valence-corrected chi connectivity index (χ0v) is 15.5. The van der Waals surface area contributed by atoms with Crippen molar-refractivity contribution in [2.75, 3.05) is 11.4 Å². The van der Waals surface area contributed by atoms with Crippen LogP contribution in [0.25, 0.3) is 0 Å². The molecule has 0 radical (unpaired) electrons. The Labute approximate surface area is 152 Å². The summed E-state index contributed by atoms with van der Waals surface area (Å²) >= 11 is 0. The summed E-state index contributed by atoms with van der Waals surface area (Å²) in [5.74, 6) is 0.0910. The molecule has 26 heavy (non-hydrogen) atoms. The molecule has 0 aliphatic carbocycles. The maximum Gasteiger partial charge on any atom is 0.286 e. The van der Waals surface area contributed by atoms with E-state index >= 15 is 0 Å². The van der Waals surface area contributed by atoms with Crippen LogP contribution in [0.5, 0.6) is 0 Å². The second kappa shape index (κ2) is 7.25. The molecule has 0 spiro atoms. The fourth-order valence-corrected chi connectivity index (χ4v) is 4.09. The van der Waals surface area contributed by atoms with E-state index in [1.54, 1.807) is 37.5 Å². The Morgan fingerprint density at radius 3 is 2.77 bits per heavy atom. The lowest BCUT2D eigenvalue weighted by molar-refractivity contribution is 0.0950. The molecule has 0 saturated carbocycles. The van der Waals surface area contributed by atoms with Crippen molar-refractivity contribution in [2.45, 2.75) is 31.7 Å². The van der Waals surface area contributed by atoms with Crippen LogP contribution < -0.4 is 10.2 Å². The normalized spacial score (nSPS) is 15.2. The van der Waals surface area contributed by atoms with E-state index in [0.29, 0.717) is 24.6 Å². The largest absolute Gasteiger partial charge is 0.348 e. The first-order valence-corrected chi connectivity index (χ1v) is 9.76. The van der Waals surface area contributed by atoms with Crippen molar-refractivity contribution in [3.63, 3.8) is 0 Å². The summed E-state index contributed by atoms with van der Waals surface area (Å²) in [6.07, 6.45) is 4.17. The summed E-state index contributed by atoms with van der Waals surface area (Å²) in [6, 6.07) is 8.33. The number of hydrogen-bond donors (Lipinski definition) is 1. The Kier molecular flexibility index (Phi) is 5.03. The van der Waals surface area contributed by atoms with Crippen LogP contribution in [0, 0.1) is 0 Å². The summed E-state index contributed by atoms with van der Waals surface area (Å²) in [6.45, 7) is 4.65. The highest BCUT2D eigenvalue weighted by Gasteiger charge is 2.29. The van der Waals surface area contributed by atoms with Crippen molar-refractivity contribution in [2.24, 2.45) is 4.40 Å². The summed E-state index contributed by atoms with van der Waals surface area (Å²) in [5, 5.41) is 2.77. The third kappa shape index (κ3) is 3.60. The molecule has 1 N–H and O–H groups in total. The summed E-state index contributed by atoms with van der Waals surface area (Å²) in [7, 11) is -3.81. The quantitative estimate of drug-likeness (QED) is 0.870. The number of fused-ring (bicyclic) bond motifs is 1. The van der Waals surface area contributed by atoms with Crippen molar-refractivity contribution in [1.82, 2.24) is 10.3 Å². The molecule has 1 aromatic heterocycles. The van der Waals surface area contributed by atoms with Gasteiger partial charge in [0.1, 0.15) is 10.7 Å². The lowest BCUT2D eigenvalue weighted by Crippen LogP contribution is -2.34. The maximum absolute atomic E-state index is 12.4. The number of nitrogens with zero attached hydrogens (tertiary/aromatic N) is 3. The number of carbonyl (C=O) groups is 1. The number of hydrogen-bond acceptors (Lipinski definition) is 5. The van der Waals surface area contributed by atoms with Crippen molar-refractivity contribution < 1.29 is 13.2 Å². The fraction of sp³-hybridized carbons (Fsp3) is 0.278. The third-order valence-corrected chi connectivity index (χ3v) is 5.44. The van der Waals surface area contributed by atoms with Gasteiger partial charge >= 0.3 is 0 Å². The van der Waals surface area contributed by atoms with Gasteiger partial charge in [0, 0.05) is 31.0 Å². The molecular formula is C18H20N4O3S. The molecule has 1 aromatic carbocycles. The first kappa shape index (κ1) is 18.1. The molecular weight excluding hydrogens is 352 g/mol. The van der Waals surface area contributed by atoms with Gasteiger partial charge < -0.3 is 10.2 Å². The van der Waals surface area contributed by atoms with Crippen molar-refractivity contribution in [3.8, 4) is 0 Å². The van der Waals surface area contributed by atoms with Gasteiger partial charge in [0.05, 0.1) is 5.69 Å². The van der Waals surface area contributed by atoms with E-state index in [9.17, 15) is 13.2 Å². The van der Waals surface area contributed by atoms with Crippen LogP contribution in [0.3, 0.4) is 0 Å². The van der Waals surface area contributed by atoms with Crippen LogP contribution >= 0.6 is 0 Å². The number of anilines is 1. The molecule has 2 aromatic rings. The van der Waals surface area contributed by atoms with Crippen molar-refractivity contribution >= 4 is 27.5 Å². The Morgan fingerprint density at radius 1 is 1.27 bits per heavy atom. The van der Waals surface area contributed by atoms with E-state index in [2.05, 4.69) is 14.7 Å². The number of aromatic nitrogens is 1. The van der Waals surface area contributed by atoms with Gasteiger partial charge in [0.2, 0.25) is 0 Å². The van der Waals surface area contributed by atoms with Crippen LogP contribution in [0.15, 0.2) is 52.0 Å². The minimum absolute atomic E-state index is 0.0607. The molecule has 0 unspecified atom stereocenters. The molecule has 0 bridgehead atoms. The molecule has 1 amide bonds. The standard InChI is InChI=1S/C18H20N4O3S/c1-3-9-22-13(2)21-26(24,25)17-10-15(6-7-16(17)22)18(23)20-12-14-5-4-8-19-11-14/h4-8,10-11H,3,9,12H2,1-2H3,(H,20,23). The highest BCUT2D eigenvalue weighted by Crippen LogP contribution is 2.32. The summed E-state index contributed by atoms with van der Waals surface area (Å²) in [5.41, 5.74) is 1.70. The molecule has 8 heteroatoms. The second-order valence-corrected chi connectivity index (χ2v) is 7.56. The van der Waals surface area contributed by atoms with Gasteiger partial charge in [-0.05, 0) is 43.2 Å². The van der Waals surface area contributed by atoms with Gasteiger partial charge in [-0.15, -0.1) is 4.40 Å². The zero-order valence-electron chi connectivity index (χ0n) is 14.6. The minimum Gasteiger partial charge on any atom is -0.348 e. The number of benzene rings is 1. The molecule has 3 rings (SSSR count). The smallest absolute Gasteiger partial charge is 0.286 e. The van der Waals surface area contributed by atoms with E-state index in [1.807, 2.05) is 17.9 Å². The van der Waals surface area contributed by atoms with Crippen LogP contribution in [0.2, 0.25) is 0 Å². The Hall–Kier alpha value is -2.74. The van der Waals surface area contributed by atoms with E-state index in [4.69, 9.17) is 0 Å². The van der Waals surface area contributed by atoms with Gasteiger partial charge in [-0.3, -0.25) is 9.78 Å². The number of amidine groups is 1. The number of sulfonamides is 1. The Balaban J connectivity index is 1.87. The SMILES string of the molecule is CCCN1C(C)=NS(=O)(=O)c2cc(C(=O)NCc3cccnc3)ccc21. The molecule has 1 aliphatic rings. The number of amides is 1. The number of nitrogens with one attached hydrogen (secondary N) is 1. The van der Waals surface area contributed by atoms with Gasteiger partial charge in [-0.1, -0.05) is 13.0 Å². The van der Waals surface area contributed by atoms with Crippen molar-refractivity contribution in [1.29, 1.82) is 0 Å². The van der Waals surface area contributed by atoms with E-state index < -0.39 is 10.0 Å². The first-order valence-electron chi connectivity index (χ1n) is 8.32. The zero-order chi connectivity index (χ0) is 18.7. The average Bonchev–Trinajstić information content (AvgIpc) is 2.63. The average molecular weight is 372 g/mol.